The summed E-state index contributed by atoms with van der Waals surface area (Å²) >= 11 is 3.34. The third-order valence-electron chi connectivity index (χ3n) is 2.05. The summed E-state index contributed by atoms with van der Waals surface area (Å²) in [5, 5.41) is 4.16. The second kappa shape index (κ2) is 4.12. The molecular formula is C10H11BrN4. The van der Waals surface area contributed by atoms with Gasteiger partial charge in [-0.25, -0.2) is 4.68 Å². The molecule has 0 aliphatic rings. The van der Waals surface area contributed by atoms with Crippen LogP contribution in [-0.2, 0) is 0 Å². The van der Waals surface area contributed by atoms with Crippen LogP contribution in [0.5, 0.6) is 0 Å². The lowest BCUT2D eigenvalue weighted by atomic mass is 10.2. The zero-order chi connectivity index (χ0) is 10.8. The Labute approximate surface area is 96.3 Å². The van der Waals surface area contributed by atoms with Crippen molar-refractivity contribution < 1.29 is 0 Å². The van der Waals surface area contributed by atoms with E-state index in [-0.39, 0.29) is 6.04 Å². The van der Waals surface area contributed by atoms with E-state index in [4.69, 9.17) is 5.73 Å². The maximum absolute atomic E-state index is 5.71. The van der Waals surface area contributed by atoms with E-state index in [0.717, 1.165) is 15.9 Å². The van der Waals surface area contributed by atoms with Gasteiger partial charge in [-0.3, -0.25) is 4.98 Å². The summed E-state index contributed by atoms with van der Waals surface area (Å²) in [6, 6.07) is 3.82. The van der Waals surface area contributed by atoms with Crippen LogP contribution < -0.4 is 5.73 Å². The number of nitrogens with zero attached hydrogens (tertiary/aromatic N) is 3. The molecule has 0 aromatic carbocycles. The zero-order valence-electron chi connectivity index (χ0n) is 8.26. The van der Waals surface area contributed by atoms with Crippen molar-refractivity contribution in [1.29, 1.82) is 0 Å². The van der Waals surface area contributed by atoms with Crippen molar-refractivity contribution in [1.82, 2.24) is 14.8 Å². The Balaban J connectivity index is 2.31. The minimum atomic E-state index is -0.0385. The summed E-state index contributed by atoms with van der Waals surface area (Å²) in [5.74, 6) is 0. The van der Waals surface area contributed by atoms with E-state index in [0.29, 0.717) is 0 Å². The van der Waals surface area contributed by atoms with E-state index in [2.05, 4.69) is 26.0 Å². The molecule has 78 valence electrons. The highest BCUT2D eigenvalue weighted by molar-refractivity contribution is 9.10. The standard InChI is InChI=1S/C10H11BrN4/c1-7(12)10-3-2-9(5-13-10)15-6-8(11)4-14-15/h2-7H,12H2,1H3/t7-/m0/s1. The SMILES string of the molecule is C[C@H](N)c1ccc(-n2cc(Br)cn2)cn1. The molecule has 0 bridgehead atoms. The van der Waals surface area contributed by atoms with Crippen molar-refractivity contribution in [2.24, 2.45) is 5.73 Å². The van der Waals surface area contributed by atoms with Crippen LogP contribution in [0.2, 0.25) is 0 Å². The Morgan fingerprint density at radius 3 is 2.67 bits per heavy atom. The van der Waals surface area contributed by atoms with Gasteiger partial charge in [-0.15, -0.1) is 0 Å². The van der Waals surface area contributed by atoms with Gasteiger partial charge in [-0.1, -0.05) is 0 Å². The normalized spacial score (nSPS) is 12.7. The molecule has 0 fully saturated rings. The molecule has 5 heteroatoms. The predicted molar refractivity (Wildman–Crippen MR) is 61.7 cm³/mol. The molecule has 0 saturated heterocycles. The maximum Gasteiger partial charge on any atom is 0.0829 e. The largest absolute Gasteiger partial charge is 0.323 e. The fraction of sp³-hybridized carbons (Fsp3) is 0.200. The topological polar surface area (TPSA) is 56.7 Å². The van der Waals surface area contributed by atoms with E-state index in [1.165, 1.54) is 0 Å². The van der Waals surface area contributed by atoms with Crippen LogP contribution >= 0.6 is 15.9 Å². The first-order valence-corrected chi connectivity index (χ1v) is 5.38. The van der Waals surface area contributed by atoms with Crippen molar-refractivity contribution in [3.8, 4) is 5.69 Å². The van der Waals surface area contributed by atoms with Crippen molar-refractivity contribution in [3.05, 3.63) is 40.9 Å². The molecule has 2 aromatic rings. The molecule has 0 radical (unpaired) electrons. The van der Waals surface area contributed by atoms with Gasteiger partial charge in [0.1, 0.15) is 0 Å². The number of nitrogens with two attached hydrogens (primary N) is 1. The number of rotatable bonds is 2. The van der Waals surface area contributed by atoms with Gasteiger partial charge < -0.3 is 5.73 Å². The smallest absolute Gasteiger partial charge is 0.0829 e. The predicted octanol–water partition coefficient (Wildman–Crippen LogP) is 2.05. The molecule has 0 amide bonds. The molecule has 0 aliphatic heterocycles. The van der Waals surface area contributed by atoms with Crippen molar-refractivity contribution in [2.75, 3.05) is 0 Å². The highest BCUT2D eigenvalue weighted by atomic mass is 79.9. The van der Waals surface area contributed by atoms with Gasteiger partial charge in [0, 0.05) is 12.2 Å². The van der Waals surface area contributed by atoms with Crippen LogP contribution in [0.15, 0.2) is 35.2 Å². The molecule has 0 saturated carbocycles. The van der Waals surface area contributed by atoms with Crippen LogP contribution in [0.3, 0.4) is 0 Å². The summed E-state index contributed by atoms with van der Waals surface area (Å²) in [7, 11) is 0. The average molecular weight is 267 g/mol. The first-order chi connectivity index (χ1) is 7.16. The van der Waals surface area contributed by atoms with E-state index in [1.807, 2.05) is 25.3 Å². The fourth-order valence-electron chi connectivity index (χ4n) is 1.24. The molecule has 1 atom stereocenters. The van der Waals surface area contributed by atoms with Crippen molar-refractivity contribution in [2.45, 2.75) is 13.0 Å². The molecule has 15 heavy (non-hydrogen) atoms. The molecule has 2 heterocycles. The lowest BCUT2D eigenvalue weighted by molar-refractivity contribution is 0.775. The van der Waals surface area contributed by atoms with Gasteiger partial charge in [0.15, 0.2) is 0 Å². The van der Waals surface area contributed by atoms with Crippen LogP contribution in [0.4, 0.5) is 0 Å². The minimum absolute atomic E-state index is 0.0385. The van der Waals surface area contributed by atoms with Crippen LogP contribution in [0, 0.1) is 0 Å². The van der Waals surface area contributed by atoms with E-state index in [9.17, 15) is 0 Å². The molecule has 2 rings (SSSR count). The van der Waals surface area contributed by atoms with E-state index >= 15 is 0 Å². The molecule has 0 unspecified atom stereocenters. The quantitative estimate of drug-likeness (QED) is 0.905. The molecule has 0 aliphatic carbocycles. The zero-order valence-corrected chi connectivity index (χ0v) is 9.85. The monoisotopic (exact) mass is 266 g/mol. The Hall–Kier alpha value is -1.20. The number of hydrogen-bond acceptors (Lipinski definition) is 3. The Morgan fingerprint density at radius 2 is 2.20 bits per heavy atom. The highest BCUT2D eigenvalue weighted by Crippen LogP contribution is 2.13. The number of halogens is 1. The molecule has 2 aromatic heterocycles. The summed E-state index contributed by atoms with van der Waals surface area (Å²) in [6.45, 7) is 1.91. The fourth-order valence-corrected chi connectivity index (χ4v) is 1.53. The van der Waals surface area contributed by atoms with Gasteiger partial charge in [-0.05, 0) is 35.0 Å². The number of pyridine rings is 1. The summed E-state index contributed by atoms with van der Waals surface area (Å²) in [6.07, 6.45) is 5.38. The lowest BCUT2D eigenvalue weighted by Crippen LogP contribution is -2.07. The van der Waals surface area contributed by atoms with Gasteiger partial charge in [0.2, 0.25) is 0 Å². The second-order valence-corrected chi connectivity index (χ2v) is 4.25. The van der Waals surface area contributed by atoms with E-state index < -0.39 is 0 Å². The Morgan fingerprint density at radius 1 is 1.40 bits per heavy atom. The Kier molecular flexibility index (Phi) is 2.83. The van der Waals surface area contributed by atoms with Gasteiger partial charge in [0.25, 0.3) is 0 Å². The molecule has 0 spiro atoms. The average Bonchev–Trinajstić information content (AvgIpc) is 2.65. The molecule has 2 N–H and O–H groups in total. The lowest BCUT2D eigenvalue weighted by Gasteiger charge is -2.05. The Bertz CT molecular complexity index is 447. The van der Waals surface area contributed by atoms with Gasteiger partial charge >= 0.3 is 0 Å². The van der Waals surface area contributed by atoms with Crippen LogP contribution in [-0.4, -0.2) is 14.8 Å². The second-order valence-electron chi connectivity index (χ2n) is 3.33. The molecular weight excluding hydrogens is 256 g/mol. The van der Waals surface area contributed by atoms with Crippen molar-refractivity contribution in [3.63, 3.8) is 0 Å². The molecule has 4 nitrogen and oxygen atoms in total. The maximum atomic E-state index is 5.71. The van der Waals surface area contributed by atoms with Crippen LogP contribution in [0.1, 0.15) is 18.7 Å². The number of hydrogen-bond donors (Lipinski definition) is 1. The minimum Gasteiger partial charge on any atom is -0.323 e. The first-order valence-electron chi connectivity index (χ1n) is 4.59. The third kappa shape index (κ3) is 2.24. The van der Waals surface area contributed by atoms with Gasteiger partial charge in [0.05, 0.1) is 28.2 Å². The van der Waals surface area contributed by atoms with Crippen LogP contribution in [0.25, 0.3) is 5.69 Å². The third-order valence-corrected chi connectivity index (χ3v) is 2.46. The highest BCUT2D eigenvalue weighted by Gasteiger charge is 2.02. The van der Waals surface area contributed by atoms with Crippen molar-refractivity contribution >= 4 is 15.9 Å². The van der Waals surface area contributed by atoms with Gasteiger partial charge in [-0.2, -0.15) is 5.10 Å². The summed E-state index contributed by atoms with van der Waals surface area (Å²) in [4.78, 5) is 4.26. The number of aromatic nitrogens is 3. The summed E-state index contributed by atoms with van der Waals surface area (Å²) < 4.78 is 2.70. The summed E-state index contributed by atoms with van der Waals surface area (Å²) in [5.41, 5.74) is 7.52. The van der Waals surface area contributed by atoms with E-state index in [1.54, 1.807) is 17.1 Å². The first kappa shape index (κ1) is 10.3.